The highest BCUT2D eigenvalue weighted by Crippen LogP contribution is 2.85. The number of methoxy groups -OCH3 is 1. The van der Waals surface area contributed by atoms with Gasteiger partial charge in [-0.1, -0.05) is 51.1 Å². The zero-order valence-corrected chi connectivity index (χ0v) is 26.9. The SMILES string of the molecule is COc1ccc(CO[C@H]2C(=O)OC3OC45C(=O)OC6[C@H](O)C(C(C)(C)C)C32C64[C@@H](OC(=O)c2ccccc2)C2OC(=O)[C@@H](C)[C@@]25O)cc1. The fourth-order valence-corrected chi connectivity index (χ4v) is 10.2. The molecule has 0 radical (unpaired) electrons. The van der Waals surface area contributed by atoms with E-state index >= 15 is 0 Å². The molecule has 4 aliphatic heterocycles. The highest BCUT2D eigenvalue weighted by atomic mass is 16.8. The molecule has 7 unspecified atom stereocenters. The molecule has 0 amide bonds. The number of hydrogen-bond acceptors (Lipinski definition) is 13. The first-order valence-corrected chi connectivity index (χ1v) is 15.9. The Morgan fingerprint density at radius 1 is 0.938 bits per heavy atom. The molecule has 2 N–H and O–H groups in total. The lowest BCUT2D eigenvalue weighted by Gasteiger charge is -2.48. The molecule has 8 rings (SSSR count). The molecular formula is C35H36O13. The van der Waals surface area contributed by atoms with Gasteiger partial charge in [0, 0.05) is 5.92 Å². The number of rotatable bonds is 6. The van der Waals surface area contributed by atoms with E-state index in [1.54, 1.807) is 42.5 Å². The van der Waals surface area contributed by atoms with Crippen LogP contribution in [0.1, 0.15) is 43.6 Å². The number of hydrogen-bond donors (Lipinski definition) is 2. The molecule has 12 atom stereocenters. The zero-order valence-electron chi connectivity index (χ0n) is 26.9. The molecule has 2 aromatic carbocycles. The molecule has 0 aromatic heterocycles. The van der Waals surface area contributed by atoms with E-state index in [0.29, 0.717) is 11.3 Å². The van der Waals surface area contributed by atoms with Crippen molar-refractivity contribution in [3.05, 3.63) is 65.7 Å². The molecule has 4 heterocycles. The summed E-state index contributed by atoms with van der Waals surface area (Å²) in [6.45, 7) is 6.80. The molecule has 4 saturated heterocycles. The second-order valence-corrected chi connectivity index (χ2v) is 14.7. The van der Waals surface area contributed by atoms with E-state index in [1.807, 2.05) is 20.8 Å². The minimum absolute atomic E-state index is 0.110. The van der Waals surface area contributed by atoms with Crippen LogP contribution in [0.4, 0.5) is 0 Å². The molecule has 0 bridgehead atoms. The first-order chi connectivity index (χ1) is 22.7. The average molecular weight is 665 g/mol. The van der Waals surface area contributed by atoms with Crippen molar-refractivity contribution in [2.24, 2.45) is 28.1 Å². The maximum Gasteiger partial charge on any atom is 0.343 e. The highest BCUT2D eigenvalue weighted by Gasteiger charge is 3.06. The first-order valence-electron chi connectivity index (χ1n) is 15.9. The molecular weight excluding hydrogens is 628 g/mol. The van der Waals surface area contributed by atoms with E-state index in [0.717, 1.165) is 0 Å². The topological polar surface area (TPSA) is 173 Å². The maximum atomic E-state index is 14.4. The minimum atomic E-state index is -2.48. The smallest absolute Gasteiger partial charge is 0.343 e. The van der Waals surface area contributed by atoms with Crippen LogP contribution in [0, 0.1) is 28.1 Å². The summed E-state index contributed by atoms with van der Waals surface area (Å²) in [6, 6.07) is 15.0. The fraction of sp³-hybridized carbons (Fsp3) is 0.543. The van der Waals surface area contributed by atoms with Gasteiger partial charge in [-0.3, -0.25) is 4.79 Å². The van der Waals surface area contributed by atoms with Crippen molar-refractivity contribution < 1.29 is 62.5 Å². The molecule has 6 fully saturated rings. The third-order valence-electron chi connectivity index (χ3n) is 11.7. The summed E-state index contributed by atoms with van der Waals surface area (Å²) in [5.41, 5.74) is -8.83. The van der Waals surface area contributed by atoms with Crippen molar-refractivity contribution >= 4 is 23.9 Å². The van der Waals surface area contributed by atoms with Gasteiger partial charge in [0.15, 0.2) is 23.9 Å². The maximum absolute atomic E-state index is 14.4. The Labute approximate surface area is 275 Å². The zero-order chi connectivity index (χ0) is 34.2. The van der Waals surface area contributed by atoms with Gasteiger partial charge in [-0.05, 0) is 42.2 Å². The van der Waals surface area contributed by atoms with Crippen molar-refractivity contribution in [1.29, 1.82) is 0 Å². The number of aliphatic hydroxyl groups is 2. The van der Waals surface area contributed by atoms with Crippen LogP contribution < -0.4 is 4.74 Å². The number of benzene rings is 2. The standard InChI is InChI=1S/C35H36O13/c1-16-26(37)45-24-23(44-27(38)18-9-7-6-8-10-18)33-22-20(36)21(31(2,3)4)32(33)25(43-15-17-11-13-19(42-5)14-12-17)28(39)47-30(32)48-35(33,29(40)46-22)34(16,24)41/h6-14,16,20-25,30,36,41H,15H2,1-5H3/t16-,20-,21?,22?,23+,24?,25+,30?,32?,33?,34-,35?/m1/s1. The van der Waals surface area contributed by atoms with Crippen molar-refractivity contribution in [2.45, 2.75) is 82.3 Å². The van der Waals surface area contributed by atoms with Crippen molar-refractivity contribution in [3.8, 4) is 5.75 Å². The monoisotopic (exact) mass is 664 g/mol. The molecule has 2 spiro atoms. The van der Waals surface area contributed by atoms with Crippen molar-refractivity contribution in [1.82, 2.24) is 0 Å². The van der Waals surface area contributed by atoms with Crippen LogP contribution in [0.2, 0.25) is 0 Å². The summed E-state index contributed by atoms with van der Waals surface area (Å²) in [7, 11) is 1.54. The van der Waals surface area contributed by atoms with Gasteiger partial charge in [0.2, 0.25) is 11.9 Å². The number of aliphatic hydroxyl groups excluding tert-OH is 1. The average Bonchev–Trinajstić information content (AvgIpc) is 3.75. The molecule has 2 saturated carbocycles. The van der Waals surface area contributed by atoms with Gasteiger partial charge < -0.3 is 43.4 Å². The van der Waals surface area contributed by atoms with Gasteiger partial charge in [-0.25, -0.2) is 14.4 Å². The Hall–Kier alpha value is -4.04. The molecule has 2 aliphatic carbocycles. The van der Waals surface area contributed by atoms with Crippen LogP contribution >= 0.6 is 0 Å². The molecule has 48 heavy (non-hydrogen) atoms. The predicted molar refractivity (Wildman–Crippen MR) is 159 cm³/mol. The lowest BCUT2D eigenvalue weighted by Crippen LogP contribution is -2.67. The van der Waals surface area contributed by atoms with Gasteiger partial charge in [0.25, 0.3) is 0 Å². The summed E-state index contributed by atoms with van der Waals surface area (Å²) in [6.07, 6.45) is -9.35. The number of carbonyl (C=O) groups excluding carboxylic acids is 4. The number of carbonyl (C=O) groups is 4. The van der Waals surface area contributed by atoms with Gasteiger partial charge in [-0.15, -0.1) is 0 Å². The molecule has 2 aromatic rings. The number of esters is 4. The first kappa shape index (κ1) is 31.2. The third kappa shape index (κ3) is 3.26. The number of fused-ring (bicyclic) bond motifs is 1. The molecule has 13 nitrogen and oxygen atoms in total. The van der Waals surface area contributed by atoms with Crippen LogP contribution in [-0.2, 0) is 49.4 Å². The summed E-state index contributed by atoms with van der Waals surface area (Å²) < 4.78 is 42.2. The van der Waals surface area contributed by atoms with Crippen LogP contribution in [0.3, 0.4) is 0 Å². The highest BCUT2D eigenvalue weighted by molar-refractivity contribution is 5.95. The molecule has 254 valence electrons. The second kappa shape index (κ2) is 9.78. The Morgan fingerprint density at radius 2 is 1.62 bits per heavy atom. The van der Waals surface area contributed by atoms with E-state index in [1.165, 1.54) is 26.2 Å². The Morgan fingerprint density at radius 3 is 2.27 bits per heavy atom. The van der Waals surface area contributed by atoms with E-state index in [-0.39, 0.29) is 12.2 Å². The summed E-state index contributed by atoms with van der Waals surface area (Å²) in [4.78, 5) is 55.5. The Balaban J connectivity index is 1.37. The minimum Gasteiger partial charge on any atom is -0.497 e. The lowest BCUT2D eigenvalue weighted by molar-refractivity contribution is -0.240. The van der Waals surface area contributed by atoms with E-state index in [9.17, 15) is 29.4 Å². The predicted octanol–water partition coefficient (Wildman–Crippen LogP) is 1.70. The van der Waals surface area contributed by atoms with E-state index in [2.05, 4.69) is 0 Å². The number of ether oxygens (including phenoxy) is 7. The Kier molecular flexibility index (Phi) is 6.36. The molecule has 13 heteroatoms. The van der Waals surface area contributed by atoms with E-state index < -0.39 is 100.0 Å². The van der Waals surface area contributed by atoms with Crippen LogP contribution in [0.25, 0.3) is 0 Å². The van der Waals surface area contributed by atoms with Gasteiger partial charge in [-0.2, -0.15) is 0 Å². The van der Waals surface area contributed by atoms with Crippen molar-refractivity contribution in [2.75, 3.05) is 7.11 Å². The van der Waals surface area contributed by atoms with Crippen LogP contribution in [0.5, 0.6) is 5.75 Å². The fourth-order valence-electron chi connectivity index (χ4n) is 10.2. The Bertz CT molecular complexity index is 1720. The summed E-state index contributed by atoms with van der Waals surface area (Å²) in [5.74, 6) is -5.36. The van der Waals surface area contributed by atoms with Gasteiger partial charge in [0.1, 0.15) is 17.3 Å². The van der Waals surface area contributed by atoms with Crippen molar-refractivity contribution in [3.63, 3.8) is 0 Å². The summed E-state index contributed by atoms with van der Waals surface area (Å²) in [5, 5.41) is 25.1. The van der Waals surface area contributed by atoms with Gasteiger partial charge in [0.05, 0.1) is 36.7 Å². The summed E-state index contributed by atoms with van der Waals surface area (Å²) >= 11 is 0. The quantitative estimate of drug-likeness (QED) is 0.338. The second-order valence-electron chi connectivity index (χ2n) is 14.7. The lowest BCUT2D eigenvalue weighted by atomic mass is 9.50. The third-order valence-corrected chi connectivity index (χ3v) is 11.7. The van der Waals surface area contributed by atoms with Crippen LogP contribution in [0.15, 0.2) is 54.6 Å². The largest absolute Gasteiger partial charge is 0.497 e. The molecule has 6 aliphatic rings. The van der Waals surface area contributed by atoms with Crippen LogP contribution in [-0.4, -0.2) is 89.2 Å². The normalized spacial score (nSPS) is 43.2. The van der Waals surface area contributed by atoms with E-state index in [4.69, 9.17) is 33.2 Å². The van der Waals surface area contributed by atoms with Gasteiger partial charge >= 0.3 is 23.9 Å².